The molecule has 0 bridgehead atoms. The lowest BCUT2D eigenvalue weighted by Crippen LogP contribution is -2.24. The largest absolute Gasteiger partial charge is 0.508 e. The Balaban J connectivity index is 1.86. The molecule has 0 saturated carbocycles. The van der Waals surface area contributed by atoms with E-state index in [9.17, 15) is 9.90 Å². The van der Waals surface area contributed by atoms with E-state index in [1.165, 1.54) is 12.1 Å². The molecule has 23 heavy (non-hydrogen) atoms. The molecule has 2 aromatic rings. The number of aliphatic imine (C=N–C) groups is 1. The number of rotatable bonds is 4. The van der Waals surface area contributed by atoms with Crippen LogP contribution in [0.3, 0.4) is 0 Å². The van der Waals surface area contributed by atoms with Crippen molar-refractivity contribution in [3.63, 3.8) is 0 Å². The lowest BCUT2D eigenvalue weighted by atomic mass is 10.1. The van der Waals surface area contributed by atoms with Gasteiger partial charge in [0.05, 0.1) is 0 Å². The van der Waals surface area contributed by atoms with Gasteiger partial charge < -0.3 is 19.9 Å². The summed E-state index contributed by atoms with van der Waals surface area (Å²) in [5.74, 6) is 1.27. The van der Waals surface area contributed by atoms with Crippen molar-refractivity contribution in [2.45, 2.75) is 6.04 Å². The number of nitrogens with zero attached hydrogens (tertiary/aromatic N) is 1. The van der Waals surface area contributed by atoms with Crippen LogP contribution in [-0.2, 0) is 4.79 Å². The Morgan fingerprint density at radius 1 is 1.22 bits per heavy atom. The van der Waals surface area contributed by atoms with Crippen LogP contribution in [0.1, 0.15) is 17.2 Å². The molecule has 1 aliphatic rings. The minimum Gasteiger partial charge on any atom is -0.508 e. The Hall–Kier alpha value is -3.02. The maximum absolute atomic E-state index is 12.1. The third kappa shape index (κ3) is 3.26. The molecule has 0 unspecified atom stereocenters. The zero-order valence-corrected chi connectivity index (χ0v) is 12.5. The standard InChI is InChI=1S/C17H16N2O4/c1-18-17(21)16(12-3-5-13(20)6-4-12)19-9-11-2-7-14-15(8-11)23-10-22-14/h2-9,16,20H,10H2,1H3,(H,18,21)/t16-/m0/s1. The molecule has 1 amide bonds. The number of likely N-dealkylation sites (N-methyl/N-ethyl adjacent to an activating group) is 1. The first kappa shape index (κ1) is 14.9. The second-order valence-electron chi connectivity index (χ2n) is 5.00. The van der Waals surface area contributed by atoms with E-state index in [1.807, 2.05) is 12.1 Å². The maximum atomic E-state index is 12.1. The molecule has 1 heterocycles. The summed E-state index contributed by atoms with van der Waals surface area (Å²) < 4.78 is 10.6. The van der Waals surface area contributed by atoms with Crippen molar-refractivity contribution in [3.05, 3.63) is 53.6 Å². The number of fused-ring (bicyclic) bond motifs is 1. The van der Waals surface area contributed by atoms with Crippen LogP contribution in [0.25, 0.3) is 0 Å². The molecule has 0 aromatic heterocycles. The topological polar surface area (TPSA) is 80.2 Å². The van der Waals surface area contributed by atoms with Gasteiger partial charge in [-0.15, -0.1) is 0 Å². The van der Waals surface area contributed by atoms with Gasteiger partial charge in [-0.1, -0.05) is 12.1 Å². The number of carbonyl (C=O) groups excluding carboxylic acids is 1. The highest BCUT2D eigenvalue weighted by atomic mass is 16.7. The average Bonchev–Trinajstić information content (AvgIpc) is 3.04. The van der Waals surface area contributed by atoms with Crippen LogP contribution >= 0.6 is 0 Å². The third-order valence-corrected chi connectivity index (χ3v) is 3.47. The van der Waals surface area contributed by atoms with Gasteiger partial charge in [0.1, 0.15) is 5.75 Å². The zero-order valence-electron chi connectivity index (χ0n) is 12.5. The first-order chi connectivity index (χ1) is 11.2. The number of amides is 1. The molecule has 1 aliphatic heterocycles. The van der Waals surface area contributed by atoms with E-state index in [0.29, 0.717) is 17.1 Å². The van der Waals surface area contributed by atoms with E-state index in [2.05, 4.69) is 10.3 Å². The lowest BCUT2D eigenvalue weighted by Gasteiger charge is -2.11. The predicted molar refractivity (Wildman–Crippen MR) is 85.1 cm³/mol. The summed E-state index contributed by atoms with van der Waals surface area (Å²) in [6.45, 7) is 0.213. The molecular weight excluding hydrogens is 296 g/mol. The van der Waals surface area contributed by atoms with Crippen LogP contribution in [0.2, 0.25) is 0 Å². The maximum Gasteiger partial charge on any atom is 0.249 e. The Labute approximate surface area is 133 Å². The minimum absolute atomic E-state index is 0.143. The highest BCUT2D eigenvalue weighted by Crippen LogP contribution is 2.32. The van der Waals surface area contributed by atoms with Crippen molar-refractivity contribution >= 4 is 12.1 Å². The van der Waals surface area contributed by atoms with E-state index < -0.39 is 6.04 Å². The molecule has 0 radical (unpaired) electrons. The van der Waals surface area contributed by atoms with Crippen LogP contribution in [0, 0.1) is 0 Å². The Morgan fingerprint density at radius 2 is 1.96 bits per heavy atom. The van der Waals surface area contributed by atoms with Crippen molar-refractivity contribution in [1.82, 2.24) is 5.32 Å². The number of phenolic OH excluding ortho intramolecular Hbond substituents is 1. The van der Waals surface area contributed by atoms with Gasteiger partial charge in [0.15, 0.2) is 17.5 Å². The van der Waals surface area contributed by atoms with Crippen LogP contribution in [0.4, 0.5) is 0 Å². The highest BCUT2D eigenvalue weighted by molar-refractivity contribution is 5.88. The van der Waals surface area contributed by atoms with E-state index in [0.717, 1.165) is 5.56 Å². The number of ether oxygens (including phenoxy) is 2. The van der Waals surface area contributed by atoms with Gasteiger partial charge in [-0.05, 0) is 41.5 Å². The summed E-state index contributed by atoms with van der Waals surface area (Å²) >= 11 is 0. The van der Waals surface area contributed by atoms with Crippen molar-refractivity contribution in [2.24, 2.45) is 4.99 Å². The zero-order chi connectivity index (χ0) is 16.2. The van der Waals surface area contributed by atoms with E-state index in [-0.39, 0.29) is 18.4 Å². The quantitative estimate of drug-likeness (QED) is 0.847. The first-order valence-electron chi connectivity index (χ1n) is 7.11. The summed E-state index contributed by atoms with van der Waals surface area (Å²) in [5.41, 5.74) is 1.50. The Morgan fingerprint density at radius 3 is 2.70 bits per heavy atom. The lowest BCUT2D eigenvalue weighted by molar-refractivity contribution is -0.121. The van der Waals surface area contributed by atoms with E-state index in [4.69, 9.17) is 9.47 Å². The molecule has 6 heteroatoms. The minimum atomic E-state index is -0.689. The molecule has 0 fully saturated rings. The molecule has 0 saturated heterocycles. The van der Waals surface area contributed by atoms with E-state index in [1.54, 1.807) is 31.5 Å². The number of hydrogen-bond donors (Lipinski definition) is 2. The molecule has 1 atom stereocenters. The number of hydrogen-bond acceptors (Lipinski definition) is 5. The van der Waals surface area contributed by atoms with Gasteiger partial charge >= 0.3 is 0 Å². The molecule has 3 rings (SSSR count). The SMILES string of the molecule is CNC(=O)[C@@H](N=Cc1ccc2c(c1)OCO2)c1ccc(O)cc1. The number of phenols is 1. The van der Waals surface area contributed by atoms with Crippen LogP contribution in [0.5, 0.6) is 17.2 Å². The molecular formula is C17H16N2O4. The molecule has 6 nitrogen and oxygen atoms in total. The number of benzene rings is 2. The number of aromatic hydroxyl groups is 1. The van der Waals surface area contributed by atoms with E-state index >= 15 is 0 Å². The first-order valence-corrected chi connectivity index (χ1v) is 7.11. The summed E-state index contributed by atoms with van der Waals surface area (Å²) in [6.07, 6.45) is 1.62. The third-order valence-electron chi connectivity index (χ3n) is 3.47. The fourth-order valence-electron chi connectivity index (χ4n) is 2.25. The van der Waals surface area contributed by atoms with Crippen LogP contribution < -0.4 is 14.8 Å². The monoisotopic (exact) mass is 312 g/mol. The smallest absolute Gasteiger partial charge is 0.249 e. The fourth-order valence-corrected chi connectivity index (χ4v) is 2.25. The molecule has 0 spiro atoms. The van der Waals surface area contributed by atoms with Crippen molar-refractivity contribution < 1.29 is 19.4 Å². The van der Waals surface area contributed by atoms with Crippen molar-refractivity contribution in [2.75, 3.05) is 13.8 Å². The molecule has 0 aliphatic carbocycles. The second-order valence-corrected chi connectivity index (χ2v) is 5.00. The molecule has 2 aromatic carbocycles. The highest BCUT2D eigenvalue weighted by Gasteiger charge is 2.18. The van der Waals surface area contributed by atoms with Crippen molar-refractivity contribution in [1.29, 1.82) is 0 Å². The Kier molecular flexibility index (Phi) is 4.14. The fraction of sp³-hybridized carbons (Fsp3) is 0.176. The van der Waals surface area contributed by atoms with Crippen LogP contribution in [0.15, 0.2) is 47.5 Å². The molecule has 2 N–H and O–H groups in total. The number of carbonyl (C=O) groups is 1. The van der Waals surface area contributed by atoms with Gasteiger partial charge in [-0.2, -0.15) is 0 Å². The van der Waals surface area contributed by atoms with Gasteiger partial charge in [-0.3, -0.25) is 9.79 Å². The number of nitrogens with one attached hydrogen (secondary N) is 1. The second kappa shape index (κ2) is 6.39. The average molecular weight is 312 g/mol. The summed E-state index contributed by atoms with van der Waals surface area (Å²) in [7, 11) is 1.56. The summed E-state index contributed by atoms with van der Waals surface area (Å²) in [4.78, 5) is 16.4. The predicted octanol–water partition coefficient (Wildman–Crippen LogP) is 2.03. The van der Waals surface area contributed by atoms with Crippen LogP contribution in [-0.4, -0.2) is 31.1 Å². The van der Waals surface area contributed by atoms with Gasteiger partial charge in [0, 0.05) is 13.3 Å². The normalized spacial score (nSPS) is 14.0. The van der Waals surface area contributed by atoms with Gasteiger partial charge in [0.25, 0.3) is 0 Å². The van der Waals surface area contributed by atoms with Gasteiger partial charge in [0.2, 0.25) is 12.7 Å². The van der Waals surface area contributed by atoms with Gasteiger partial charge in [-0.25, -0.2) is 0 Å². The summed E-state index contributed by atoms with van der Waals surface area (Å²) in [5, 5.41) is 12.0. The summed E-state index contributed by atoms with van der Waals surface area (Å²) in [6, 6.07) is 11.2. The molecule has 118 valence electrons. The Bertz CT molecular complexity index is 741. The van der Waals surface area contributed by atoms with Crippen molar-refractivity contribution in [3.8, 4) is 17.2 Å².